The van der Waals surface area contributed by atoms with Crippen molar-refractivity contribution in [1.29, 1.82) is 0 Å². The normalized spacial score (nSPS) is 19.0. The summed E-state index contributed by atoms with van der Waals surface area (Å²) in [7, 11) is 0. The lowest BCUT2D eigenvalue weighted by atomic mass is 10.2. The van der Waals surface area contributed by atoms with Crippen LogP contribution in [0.15, 0.2) is 15.0 Å². The molecule has 1 aliphatic rings. The highest BCUT2D eigenvalue weighted by atomic mass is 16.5. The molecule has 3 rings (SSSR count). The first kappa shape index (κ1) is 13.8. The summed E-state index contributed by atoms with van der Waals surface area (Å²) in [5.74, 6) is 1.82. The van der Waals surface area contributed by atoms with Crippen LogP contribution in [0.25, 0.3) is 0 Å². The number of furan rings is 1. The lowest BCUT2D eigenvalue weighted by Gasteiger charge is -2.32. The number of ether oxygens (including phenoxy) is 1. The standard InChI is InChI=1S/C14H17N3O4/c1-8-6-9(2)20-12(8)14(18)17-4-5-19-7-11(17)13-15-10(3)16-21-13/h6,11H,4-5,7H2,1-3H3. The van der Waals surface area contributed by atoms with Crippen LogP contribution >= 0.6 is 0 Å². The number of carbonyl (C=O) groups is 1. The van der Waals surface area contributed by atoms with E-state index in [-0.39, 0.29) is 11.9 Å². The Morgan fingerprint density at radius 3 is 2.81 bits per heavy atom. The highest BCUT2D eigenvalue weighted by Gasteiger charge is 2.35. The summed E-state index contributed by atoms with van der Waals surface area (Å²) in [5, 5.41) is 3.78. The largest absolute Gasteiger partial charge is 0.456 e. The molecule has 3 heterocycles. The predicted octanol–water partition coefficient (Wildman–Crippen LogP) is 1.80. The van der Waals surface area contributed by atoms with Gasteiger partial charge >= 0.3 is 0 Å². The van der Waals surface area contributed by atoms with Gasteiger partial charge in [0.25, 0.3) is 11.8 Å². The summed E-state index contributed by atoms with van der Waals surface area (Å²) in [6.45, 7) is 6.70. The van der Waals surface area contributed by atoms with Crippen LogP contribution in [0.2, 0.25) is 0 Å². The molecule has 112 valence electrons. The van der Waals surface area contributed by atoms with Crippen molar-refractivity contribution in [1.82, 2.24) is 15.0 Å². The molecule has 1 aliphatic heterocycles. The number of amides is 1. The number of nitrogens with zero attached hydrogens (tertiary/aromatic N) is 3. The molecule has 0 radical (unpaired) electrons. The molecule has 1 fully saturated rings. The van der Waals surface area contributed by atoms with Crippen molar-refractivity contribution in [3.63, 3.8) is 0 Å². The number of morpholine rings is 1. The van der Waals surface area contributed by atoms with E-state index in [2.05, 4.69) is 10.1 Å². The van der Waals surface area contributed by atoms with Crippen LogP contribution in [-0.2, 0) is 4.74 Å². The second kappa shape index (κ2) is 5.33. The molecular weight excluding hydrogens is 274 g/mol. The fourth-order valence-corrected chi connectivity index (χ4v) is 2.48. The van der Waals surface area contributed by atoms with Gasteiger partial charge in [0.1, 0.15) is 11.8 Å². The molecule has 0 N–H and O–H groups in total. The minimum Gasteiger partial charge on any atom is -0.456 e. The molecular formula is C14H17N3O4. The van der Waals surface area contributed by atoms with E-state index < -0.39 is 0 Å². The van der Waals surface area contributed by atoms with Gasteiger partial charge in [0.15, 0.2) is 11.6 Å². The Morgan fingerprint density at radius 1 is 1.38 bits per heavy atom. The van der Waals surface area contributed by atoms with E-state index in [1.165, 1.54) is 0 Å². The third kappa shape index (κ3) is 2.56. The van der Waals surface area contributed by atoms with Crippen LogP contribution < -0.4 is 0 Å². The lowest BCUT2D eigenvalue weighted by molar-refractivity contribution is -0.0134. The quantitative estimate of drug-likeness (QED) is 0.839. The van der Waals surface area contributed by atoms with Gasteiger partial charge in [-0.15, -0.1) is 0 Å². The van der Waals surface area contributed by atoms with Crippen LogP contribution in [0.5, 0.6) is 0 Å². The minimum absolute atomic E-state index is 0.176. The third-order valence-electron chi connectivity index (χ3n) is 3.45. The molecule has 1 amide bonds. The van der Waals surface area contributed by atoms with Crippen molar-refractivity contribution in [3.8, 4) is 0 Å². The van der Waals surface area contributed by atoms with E-state index in [1.54, 1.807) is 11.8 Å². The van der Waals surface area contributed by atoms with Gasteiger partial charge in [-0.2, -0.15) is 4.98 Å². The van der Waals surface area contributed by atoms with E-state index in [1.807, 2.05) is 19.9 Å². The van der Waals surface area contributed by atoms with Crippen LogP contribution in [0.1, 0.15) is 39.6 Å². The molecule has 7 nitrogen and oxygen atoms in total. The summed E-state index contributed by atoms with van der Waals surface area (Å²) >= 11 is 0. The minimum atomic E-state index is -0.378. The summed E-state index contributed by atoms with van der Waals surface area (Å²) in [6.07, 6.45) is 0. The maximum absolute atomic E-state index is 12.7. The van der Waals surface area contributed by atoms with Crippen molar-refractivity contribution in [2.75, 3.05) is 19.8 Å². The van der Waals surface area contributed by atoms with Crippen LogP contribution in [-0.4, -0.2) is 40.7 Å². The van der Waals surface area contributed by atoms with Crippen molar-refractivity contribution < 1.29 is 18.5 Å². The van der Waals surface area contributed by atoms with Crippen molar-refractivity contribution in [3.05, 3.63) is 34.9 Å². The van der Waals surface area contributed by atoms with E-state index in [4.69, 9.17) is 13.7 Å². The summed E-state index contributed by atoms with van der Waals surface area (Å²) in [5.41, 5.74) is 0.824. The van der Waals surface area contributed by atoms with Crippen molar-refractivity contribution in [2.24, 2.45) is 0 Å². The lowest BCUT2D eigenvalue weighted by Crippen LogP contribution is -2.43. The van der Waals surface area contributed by atoms with Crippen LogP contribution in [0.4, 0.5) is 0 Å². The summed E-state index contributed by atoms with van der Waals surface area (Å²) in [6, 6.07) is 1.47. The first-order valence-electron chi connectivity index (χ1n) is 6.82. The second-order valence-electron chi connectivity index (χ2n) is 5.14. The molecule has 0 aromatic carbocycles. The van der Waals surface area contributed by atoms with Crippen LogP contribution in [0.3, 0.4) is 0 Å². The van der Waals surface area contributed by atoms with Gasteiger partial charge in [-0.3, -0.25) is 4.79 Å². The number of aryl methyl sites for hydroxylation is 3. The smallest absolute Gasteiger partial charge is 0.290 e. The number of rotatable bonds is 2. The topological polar surface area (TPSA) is 81.6 Å². The van der Waals surface area contributed by atoms with Gasteiger partial charge in [-0.25, -0.2) is 0 Å². The molecule has 0 saturated carbocycles. The SMILES string of the molecule is Cc1noc(C2COCCN2C(=O)c2oc(C)cc2C)n1. The molecule has 21 heavy (non-hydrogen) atoms. The van der Waals surface area contributed by atoms with Crippen LogP contribution in [0, 0.1) is 20.8 Å². The predicted molar refractivity (Wildman–Crippen MR) is 71.8 cm³/mol. The van der Waals surface area contributed by atoms with E-state index in [0.29, 0.717) is 43.0 Å². The Labute approximate surface area is 121 Å². The highest BCUT2D eigenvalue weighted by Crippen LogP contribution is 2.26. The molecule has 7 heteroatoms. The number of hydrogen-bond acceptors (Lipinski definition) is 6. The van der Waals surface area contributed by atoms with E-state index in [0.717, 1.165) is 5.56 Å². The summed E-state index contributed by atoms with van der Waals surface area (Å²) < 4.78 is 16.2. The van der Waals surface area contributed by atoms with Gasteiger partial charge in [0, 0.05) is 12.1 Å². The first-order chi connectivity index (χ1) is 10.1. The molecule has 0 aliphatic carbocycles. The Morgan fingerprint density at radius 2 is 2.19 bits per heavy atom. The van der Waals surface area contributed by atoms with Gasteiger partial charge < -0.3 is 18.6 Å². The van der Waals surface area contributed by atoms with Gasteiger partial charge in [-0.1, -0.05) is 5.16 Å². The average Bonchev–Trinajstić information content (AvgIpc) is 3.04. The molecule has 0 spiro atoms. The van der Waals surface area contributed by atoms with Gasteiger partial charge in [0.05, 0.1) is 13.2 Å². The maximum atomic E-state index is 12.7. The van der Waals surface area contributed by atoms with Gasteiger partial charge in [-0.05, 0) is 26.8 Å². The average molecular weight is 291 g/mol. The third-order valence-corrected chi connectivity index (χ3v) is 3.45. The first-order valence-corrected chi connectivity index (χ1v) is 6.82. The number of hydrogen-bond donors (Lipinski definition) is 0. The molecule has 1 atom stereocenters. The number of aromatic nitrogens is 2. The molecule has 1 saturated heterocycles. The zero-order valence-electron chi connectivity index (χ0n) is 12.3. The second-order valence-corrected chi connectivity index (χ2v) is 5.14. The molecule has 0 bridgehead atoms. The maximum Gasteiger partial charge on any atom is 0.290 e. The van der Waals surface area contributed by atoms with Crippen molar-refractivity contribution >= 4 is 5.91 Å². The fraction of sp³-hybridized carbons (Fsp3) is 0.500. The Hall–Kier alpha value is -2.15. The molecule has 2 aromatic heterocycles. The fourth-order valence-electron chi connectivity index (χ4n) is 2.48. The highest BCUT2D eigenvalue weighted by molar-refractivity contribution is 5.93. The zero-order valence-corrected chi connectivity index (χ0v) is 12.3. The Balaban J connectivity index is 1.90. The van der Waals surface area contributed by atoms with E-state index >= 15 is 0 Å². The Bertz CT molecular complexity index is 661. The van der Waals surface area contributed by atoms with Crippen molar-refractivity contribution in [2.45, 2.75) is 26.8 Å². The van der Waals surface area contributed by atoms with E-state index in [9.17, 15) is 4.79 Å². The summed E-state index contributed by atoms with van der Waals surface area (Å²) in [4.78, 5) is 18.6. The molecule has 1 unspecified atom stereocenters. The Kier molecular flexibility index (Phi) is 3.50. The monoisotopic (exact) mass is 291 g/mol. The molecule has 2 aromatic rings. The zero-order chi connectivity index (χ0) is 15.0. The number of carbonyl (C=O) groups excluding carboxylic acids is 1. The van der Waals surface area contributed by atoms with Gasteiger partial charge in [0.2, 0.25) is 0 Å².